The Kier molecular flexibility index (Phi) is 10.8. The van der Waals surface area contributed by atoms with Crippen LogP contribution in [0.5, 0.6) is 5.75 Å². The molecule has 2 aromatic carbocycles. The van der Waals surface area contributed by atoms with Crippen molar-refractivity contribution in [2.45, 2.75) is 117 Å². The zero-order chi connectivity index (χ0) is 30.3. The maximum absolute atomic E-state index is 14.5. The van der Waals surface area contributed by atoms with Gasteiger partial charge >= 0.3 is 6.09 Å². The van der Waals surface area contributed by atoms with Gasteiger partial charge in [0.15, 0.2) is 0 Å². The Morgan fingerprint density at radius 3 is 2.20 bits per heavy atom. The average Bonchev–Trinajstić information content (AvgIpc) is 2.87. The van der Waals surface area contributed by atoms with Crippen molar-refractivity contribution in [1.29, 1.82) is 0 Å². The summed E-state index contributed by atoms with van der Waals surface area (Å²) in [5, 5.41) is 15.8. The van der Waals surface area contributed by atoms with E-state index in [2.05, 4.69) is 10.6 Å². The number of phenolic OH excluding ortho intramolecular Hbond substituents is 1. The molecule has 224 valence electrons. The molecule has 8 heteroatoms. The number of alkyl carbamates (subject to hydrolysis) is 1. The normalized spacial score (nSPS) is 15.6. The summed E-state index contributed by atoms with van der Waals surface area (Å²) in [5.41, 5.74) is 2.73. The minimum absolute atomic E-state index is 0.0706. The van der Waals surface area contributed by atoms with Gasteiger partial charge in [-0.1, -0.05) is 55.2 Å². The molecule has 0 heterocycles. The summed E-state index contributed by atoms with van der Waals surface area (Å²) < 4.78 is 5.50. The monoisotopic (exact) mass is 565 g/mol. The lowest BCUT2D eigenvalue weighted by molar-refractivity contribution is -0.145. The van der Waals surface area contributed by atoms with Gasteiger partial charge in [-0.25, -0.2) is 4.79 Å². The second-order valence-electron chi connectivity index (χ2n) is 12.5. The average molecular weight is 566 g/mol. The lowest BCUT2D eigenvalue weighted by Crippen LogP contribution is -2.56. The molecular weight excluding hydrogens is 518 g/mol. The molecule has 1 fully saturated rings. The van der Waals surface area contributed by atoms with Gasteiger partial charge in [0.25, 0.3) is 0 Å². The summed E-state index contributed by atoms with van der Waals surface area (Å²) in [6.45, 7) is 13.0. The van der Waals surface area contributed by atoms with Crippen LogP contribution in [0.2, 0.25) is 0 Å². The Hall–Kier alpha value is -3.55. The fourth-order valence-electron chi connectivity index (χ4n) is 5.45. The smallest absolute Gasteiger partial charge is 0.408 e. The number of nitrogens with zero attached hydrogens (tertiary/aromatic N) is 1. The lowest BCUT2D eigenvalue weighted by atomic mass is 9.92. The topological polar surface area (TPSA) is 108 Å². The summed E-state index contributed by atoms with van der Waals surface area (Å²) in [7, 11) is 0. The van der Waals surface area contributed by atoms with Crippen LogP contribution in [0.4, 0.5) is 4.79 Å². The summed E-state index contributed by atoms with van der Waals surface area (Å²) in [6.07, 6.45) is 4.59. The van der Waals surface area contributed by atoms with E-state index in [-0.39, 0.29) is 36.1 Å². The molecule has 8 nitrogen and oxygen atoms in total. The number of aryl methyl sites for hydroxylation is 2. The van der Waals surface area contributed by atoms with Crippen molar-refractivity contribution < 1.29 is 24.2 Å². The largest absolute Gasteiger partial charge is 0.508 e. The molecule has 0 spiro atoms. The van der Waals surface area contributed by atoms with Crippen LogP contribution in [0.25, 0.3) is 0 Å². The van der Waals surface area contributed by atoms with E-state index < -0.39 is 23.8 Å². The van der Waals surface area contributed by atoms with Crippen LogP contribution in [-0.4, -0.2) is 51.6 Å². The molecule has 2 atom stereocenters. The molecule has 1 aliphatic carbocycles. The molecule has 41 heavy (non-hydrogen) atoms. The fourth-order valence-corrected chi connectivity index (χ4v) is 5.45. The first-order chi connectivity index (χ1) is 19.2. The lowest BCUT2D eigenvalue weighted by Gasteiger charge is -2.38. The van der Waals surface area contributed by atoms with E-state index in [4.69, 9.17) is 4.74 Å². The number of phenols is 1. The first-order valence-corrected chi connectivity index (χ1v) is 14.7. The van der Waals surface area contributed by atoms with Crippen LogP contribution >= 0.6 is 0 Å². The number of hydrogen-bond acceptors (Lipinski definition) is 5. The maximum atomic E-state index is 14.5. The third-order valence-electron chi connectivity index (χ3n) is 7.37. The zero-order valence-corrected chi connectivity index (χ0v) is 25.6. The van der Waals surface area contributed by atoms with E-state index in [1.807, 2.05) is 45.9 Å². The minimum Gasteiger partial charge on any atom is -0.508 e. The van der Waals surface area contributed by atoms with Crippen LogP contribution in [0, 0.1) is 13.8 Å². The van der Waals surface area contributed by atoms with E-state index in [0.29, 0.717) is 0 Å². The van der Waals surface area contributed by atoms with Crippen molar-refractivity contribution in [1.82, 2.24) is 15.5 Å². The third-order valence-corrected chi connectivity index (χ3v) is 7.37. The number of benzene rings is 2. The summed E-state index contributed by atoms with van der Waals surface area (Å²) >= 11 is 0. The minimum atomic E-state index is -1.01. The van der Waals surface area contributed by atoms with Gasteiger partial charge in [-0.2, -0.15) is 0 Å². The molecule has 3 N–H and O–H groups in total. The molecule has 3 rings (SSSR count). The van der Waals surface area contributed by atoms with Crippen molar-refractivity contribution in [3.05, 3.63) is 64.7 Å². The van der Waals surface area contributed by atoms with E-state index in [1.165, 1.54) is 6.42 Å². The summed E-state index contributed by atoms with van der Waals surface area (Å²) in [5.74, 6) is -0.496. The second-order valence-corrected chi connectivity index (χ2v) is 12.5. The van der Waals surface area contributed by atoms with Crippen molar-refractivity contribution in [2.75, 3.05) is 0 Å². The standard InChI is InChI=1S/C33H47N3O5/c1-21(2)36(29(27-18-13-22(3)19-23(27)4)30(38)34-25-11-9-8-10-12-25)31(39)28(35-32(40)41-33(5,6)7)20-24-14-16-26(37)17-15-24/h13-19,21,25,28-29,37H,8-12,20H2,1-7H3,(H,34,38)(H,35,40). The Balaban J connectivity index is 2.03. The highest BCUT2D eigenvalue weighted by molar-refractivity contribution is 5.93. The van der Waals surface area contributed by atoms with Gasteiger partial charge < -0.3 is 25.4 Å². The van der Waals surface area contributed by atoms with Gasteiger partial charge in [-0.3, -0.25) is 9.59 Å². The molecule has 2 aromatic rings. The Bertz CT molecular complexity index is 1200. The number of carbonyl (C=O) groups excluding carboxylic acids is 3. The van der Waals surface area contributed by atoms with Crippen LogP contribution in [-0.2, 0) is 20.7 Å². The van der Waals surface area contributed by atoms with Crippen LogP contribution in [0.15, 0.2) is 42.5 Å². The number of amides is 3. The number of hydrogen-bond donors (Lipinski definition) is 3. The molecule has 3 amide bonds. The second kappa shape index (κ2) is 13.9. The molecular formula is C33H47N3O5. The van der Waals surface area contributed by atoms with Gasteiger partial charge in [0.1, 0.15) is 23.4 Å². The summed E-state index contributed by atoms with van der Waals surface area (Å²) in [4.78, 5) is 43.1. The van der Waals surface area contributed by atoms with E-state index in [1.54, 1.807) is 49.9 Å². The number of rotatable bonds is 9. The highest BCUT2D eigenvalue weighted by Crippen LogP contribution is 2.30. The fraction of sp³-hybridized carbons (Fsp3) is 0.545. The van der Waals surface area contributed by atoms with Gasteiger partial charge in [0.2, 0.25) is 11.8 Å². The van der Waals surface area contributed by atoms with E-state index in [0.717, 1.165) is 47.9 Å². The van der Waals surface area contributed by atoms with Gasteiger partial charge in [-0.15, -0.1) is 0 Å². The van der Waals surface area contributed by atoms with Crippen molar-refractivity contribution >= 4 is 17.9 Å². The Morgan fingerprint density at radius 2 is 1.63 bits per heavy atom. The predicted octanol–water partition coefficient (Wildman–Crippen LogP) is 5.87. The Labute approximate surface area is 244 Å². The van der Waals surface area contributed by atoms with Gasteiger partial charge in [0, 0.05) is 18.5 Å². The van der Waals surface area contributed by atoms with Gasteiger partial charge in [0.05, 0.1) is 0 Å². The molecule has 1 aliphatic rings. The van der Waals surface area contributed by atoms with Crippen LogP contribution < -0.4 is 10.6 Å². The highest BCUT2D eigenvalue weighted by Gasteiger charge is 2.39. The Morgan fingerprint density at radius 1 is 1.00 bits per heavy atom. The molecule has 1 saturated carbocycles. The first kappa shape index (κ1) is 32.0. The van der Waals surface area contributed by atoms with Crippen LogP contribution in [0.3, 0.4) is 0 Å². The number of nitrogens with one attached hydrogen (secondary N) is 2. The number of carbonyl (C=O) groups is 3. The maximum Gasteiger partial charge on any atom is 0.408 e. The van der Waals surface area contributed by atoms with E-state index in [9.17, 15) is 19.5 Å². The molecule has 0 radical (unpaired) electrons. The number of ether oxygens (including phenoxy) is 1. The third kappa shape index (κ3) is 9.23. The van der Waals surface area contributed by atoms with Crippen LogP contribution in [0.1, 0.15) is 95.0 Å². The highest BCUT2D eigenvalue weighted by atomic mass is 16.6. The molecule has 0 aromatic heterocycles. The van der Waals surface area contributed by atoms with Crippen molar-refractivity contribution in [2.24, 2.45) is 0 Å². The zero-order valence-electron chi connectivity index (χ0n) is 25.6. The van der Waals surface area contributed by atoms with Crippen molar-refractivity contribution in [3.8, 4) is 5.75 Å². The number of aromatic hydroxyl groups is 1. The molecule has 0 aliphatic heterocycles. The molecule has 0 bridgehead atoms. The van der Waals surface area contributed by atoms with E-state index >= 15 is 0 Å². The quantitative estimate of drug-likeness (QED) is 0.352. The first-order valence-electron chi connectivity index (χ1n) is 14.7. The molecule has 0 saturated heterocycles. The van der Waals surface area contributed by atoms with Gasteiger partial charge in [-0.05, 0) is 90.1 Å². The predicted molar refractivity (Wildman–Crippen MR) is 161 cm³/mol. The molecule has 2 unspecified atom stereocenters. The SMILES string of the molecule is Cc1ccc(C(C(=O)NC2CCCCC2)N(C(=O)C(Cc2ccc(O)cc2)NC(=O)OC(C)(C)C)C(C)C)c(C)c1. The summed E-state index contributed by atoms with van der Waals surface area (Å²) in [6, 6.07) is 10.2. The van der Waals surface area contributed by atoms with Crippen molar-refractivity contribution in [3.63, 3.8) is 0 Å².